The molecule has 2 N–H and O–H groups in total. The van der Waals surface area contributed by atoms with Crippen LogP contribution in [0.3, 0.4) is 0 Å². The number of rotatable bonds is 4. The molecule has 2 heterocycles. The van der Waals surface area contributed by atoms with Gasteiger partial charge in [-0.2, -0.15) is 0 Å². The van der Waals surface area contributed by atoms with Crippen LogP contribution < -0.4 is 10.9 Å². The van der Waals surface area contributed by atoms with Gasteiger partial charge in [-0.1, -0.05) is 20.8 Å². The number of carbonyl (C=O) groups excluding carboxylic acids is 1. The Hall–Kier alpha value is -2.37. The molecule has 0 bridgehead atoms. The second-order valence-corrected chi connectivity index (χ2v) is 7.87. The first-order chi connectivity index (χ1) is 11.8. The van der Waals surface area contributed by atoms with Crippen LogP contribution >= 0.6 is 0 Å². The number of fused-ring (bicyclic) bond motifs is 1. The third kappa shape index (κ3) is 4.00. The number of nitrogens with zero attached hydrogens (tertiary/aromatic N) is 2. The summed E-state index contributed by atoms with van der Waals surface area (Å²) in [5.74, 6) is -0.310. The van der Waals surface area contributed by atoms with Crippen LogP contribution in [0.25, 0.3) is 0 Å². The monoisotopic (exact) mass is 342 g/mol. The van der Waals surface area contributed by atoms with Crippen LogP contribution in [0.5, 0.6) is 0 Å². The van der Waals surface area contributed by atoms with Gasteiger partial charge in [-0.25, -0.2) is 4.98 Å². The van der Waals surface area contributed by atoms with Gasteiger partial charge < -0.3 is 14.9 Å². The van der Waals surface area contributed by atoms with Crippen molar-refractivity contribution in [1.29, 1.82) is 0 Å². The number of hydrogen-bond donors (Lipinski definition) is 2. The summed E-state index contributed by atoms with van der Waals surface area (Å²) in [7, 11) is 0. The predicted molar refractivity (Wildman–Crippen MR) is 96.6 cm³/mol. The maximum atomic E-state index is 12.8. The van der Waals surface area contributed by atoms with E-state index in [0.717, 1.165) is 36.9 Å². The van der Waals surface area contributed by atoms with Crippen molar-refractivity contribution >= 4 is 5.91 Å². The Balaban J connectivity index is 1.83. The fraction of sp³-hybridized carbons (Fsp3) is 0.526. The predicted octanol–water partition coefficient (Wildman–Crippen LogP) is 2.29. The first-order valence-corrected chi connectivity index (χ1v) is 8.86. The van der Waals surface area contributed by atoms with Gasteiger partial charge >= 0.3 is 0 Å². The SMILES string of the molecule is CC(C)(C)C(Cn1ccnc1)NC(=O)c1cc2c([nH]c1=O)CCCC2. The van der Waals surface area contributed by atoms with Crippen molar-refractivity contribution in [2.45, 2.75) is 59.0 Å². The number of amides is 1. The molecule has 25 heavy (non-hydrogen) atoms. The Labute approximate surface area is 147 Å². The van der Waals surface area contributed by atoms with Crippen molar-refractivity contribution < 1.29 is 4.79 Å². The highest BCUT2D eigenvalue weighted by Crippen LogP contribution is 2.22. The van der Waals surface area contributed by atoms with Gasteiger partial charge in [0.1, 0.15) is 5.56 Å². The molecule has 1 atom stereocenters. The number of hydrogen-bond acceptors (Lipinski definition) is 3. The van der Waals surface area contributed by atoms with Gasteiger partial charge in [-0.05, 0) is 42.7 Å². The fourth-order valence-electron chi connectivity index (χ4n) is 3.22. The van der Waals surface area contributed by atoms with E-state index in [4.69, 9.17) is 0 Å². The van der Waals surface area contributed by atoms with Gasteiger partial charge in [-0.3, -0.25) is 9.59 Å². The van der Waals surface area contributed by atoms with Crippen molar-refractivity contribution in [3.8, 4) is 0 Å². The maximum Gasteiger partial charge on any atom is 0.261 e. The van der Waals surface area contributed by atoms with E-state index in [1.165, 1.54) is 0 Å². The zero-order valence-corrected chi connectivity index (χ0v) is 15.1. The molecule has 3 rings (SSSR count). The van der Waals surface area contributed by atoms with Crippen molar-refractivity contribution in [1.82, 2.24) is 19.9 Å². The van der Waals surface area contributed by atoms with E-state index in [1.807, 2.05) is 10.8 Å². The lowest BCUT2D eigenvalue weighted by molar-refractivity contribution is 0.0891. The van der Waals surface area contributed by atoms with E-state index in [2.05, 4.69) is 36.1 Å². The summed E-state index contributed by atoms with van der Waals surface area (Å²) in [6, 6.07) is 1.66. The highest BCUT2D eigenvalue weighted by Gasteiger charge is 2.28. The highest BCUT2D eigenvalue weighted by atomic mass is 16.2. The number of aryl methyl sites for hydroxylation is 2. The zero-order chi connectivity index (χ0) is 18.0. The Kier molecular flexibility index (Phi) is 4.79. The second kappa shape index (κ2) is 6.86. The lowest BCUT2D eigenvalue weighted by Gasteiger charge is -2.31. The minimum Gasteiger partial charge on any atom is -0.347 e. The fourth-order valence-corrected chi connectivity index (χ4v) is 3.22. The maximum absolute atomic E-state index is 12.8. The molecular weight excluding hydrogens is 316 g/mol. The summed E-state index contributed by atoms with van der Waals surface area (Å²) in [4.78, 5) is 32.1. The van der Waals surface area contributed by atoms with Crippen LogP contribution in [-0.2, 0) is 19.4 Å². The lowest BCUT2D eigenvalue weighted by Crippen LogP contribution is -2.47. The summed E-state index contributed by atoms with van der Waals surface area (Å²) in [5, 5.41) is 3.05. The molecule has 6 heteroatoms. The zero-order valence-electron chi connectivity index (χ0n) is 15.1. The topological polar surface area (TPSA) is 79.8 Å². The molecule has 6 nitrogen and oxygen atoms in total. The average molecular weight is 342 g/mol. The van der Waals surface area contributed by atoms with Crippen molar-refractivity contribution in [2.24, 2.45) is 5.41 Å². The van der Waals surface area contributed by atoms with Crippen LogP contribution in [0.1, 0.15) is 55.2 Å². The molecule has 134 valence electrons. The standard InChI is InChI=1S/C19H26N4O2/c1-19(2,3)16(11-23-9-8-20-12-23)22-18(25)14-10-13-6-4-5-7-15(13)21-17(14)24/h8-10,12,16H,4-7,11H2,1-3H3,(H,21,24)(H,22,25). The molecule has 1 aliphatic carbocycles. The Morgan fingerprint density at radius 3 is 2.80 bits per heavy atom. The second-order valence-electron chi connectivity index (χ2n) is 7.87. The molecule has 0 spiro atoms. The Morgan fingerprint density at radius 1 is 1.36 bits per heavy atom. The van der Waals surface area contributed by atoms with E-state index in [-0.39, 0.29) is 28.5 Å². The van der Waals surface area contributed by atoms with E-state index in [0.29, 0.717) is 6.54 Å². The first kappa shape index (κ1) is 17.5. The number of aromatic amines is 1. The molecule has 0 radical (unpaired) electrons. The van der Waals surface area contributed by atoms with E-state index < -0.39 is 0 Å². The summed E-state index contributed by atoms with van der Waals surface area (Å²) >= 11 is 0. The van der Waals surface area contributed by atoms with Crippen LogP contribution in [0, 0.1) is 5.41 Å². The smallest absolute Gasteiger partial charge is 0.261 e. The highest BCUT2D eigenvalue weighted by molar-refractivity contribution is 5.94. The minimum absolute atomic E-state index is 0.121. The molecule has 1 aliphatic rings. The third-order valence-corrected chi connectivity index (χ3v) is 4.89. The quantitative estimate of drug-likeness (QED) is 0.895. The number of nitrogens with one attached hydrogen (secondary N) is 2. The number of pyridine rings is 1. The number of carbonyl (C=O) groups is 1. The molecule has 0 saturated heterocycles. The van der Waals surface area contributed by atoms with E-state index in [1.54, 1.807) is 18.6 Å². The normalized spacial score (nSPS) is 15.5. The summed E-state index contributed by atoms with van der Waals surface area (Å²) in [6.07, 6.45) is 9.32. The van der Waals surface area contributed by atoms with Gasteiger partial charge in [-0.15, -0.1) is 0 Å². The van der Waals surface area contributed by atoms with Crippen molar-refractivity contribution in [3.05, 3.63) is 52.0 Å². The van der Waals surface area contributed by atoms with Gasteiger partial charge in [0.25, 0.3) is 11.5 Å². The van der Waals surface area contributed by atoms with Crippen molar-refractivity contribution in [2.75, 3.05) is 0 Å². The number of imidazole rings is 1. The third-order valence-electron chi connectivity index (χ3n) is 4.89. The van der Waals surface area contributed by atoms with Crippen molar-refractivity contribution in [3.63, 3.8) is 0 Å². The Bertz CT molecular complexity index is 800. The Morgan fingerprint density at radius 2 is 2.12 bits per heavy atom. The van der Waals surface area contributed by atoms with Crippen LogP contribution in [0.15, 0.2) is 29.6 Å². The summed E-state index contributed by atoms with van der Waals surface area (Å²) in [6.45, 7) is 6.84. The van der Waals surface area contributed by atoms with E-state index >= 15 is 0 Å². The largest absolute Gasteiger partial charge is 0.347 e. The molecular formula is C19H26N4O2. The number of H-pyrrole nitrogens is 1. The summed E-state index contributed by atoms with van der Waals surface area (Å²) < 4.78 is 1.94. The first-order valence-electron chi connectivity index (χ1n) is 8.86. The van der Waals surface area contributed by atoms with Crippen LogP contribution in [0.4, 0.5) is 0 Å². The molecule has 0 saturated carbocycles. The molecule has 0 fully saturated rings. The van der Waals surface area contributed by atoms with Gasteiger partial charge in [0.15, 0.2) is 0 Å². The van der Waals surface area contributed by atoms with E-state index in [9.17, 15) is 9.59 Å². The summed E-state index contributed by atoms with van der Waals surface area (Å²) in [5.41, 5.74) is 1.84. The minimum atomic E-state index is -0.310. The molecule has 1 unspecified atom stereocenters. The average Bonchev–Trinajstić information content (AvgIpc) is 3.05. The molecule has 0 aliphatic heterocycles. The number of aromatic nitrogens is 3. The molecule has 0 aromatic carbocycles. The van der Waals surface area contributed by atoms with Crippen LogP contribution in [-0.4, -0.2) is 26.5 Å². The lowest BCUT2D eigenvalue weighted by atomic mass is 9.86. The van der Waals surface area contributed by atoms with Gasteiger partial charge in [0.2, 0.25) is 0 Å². The molecule has 2 aromatic rings. The van der Waals surface area contributed by atoms with Gasteiger partial charge in [0.05, 0.1) is 12.4 Å². The van der Waals surface area contributed by atoms with Crippen LogP contribution in [0.2, 0.25) is 0 Å². The molecule has 1 amide bonds. The molecule has 2 aromatic heterocycles. The van der Waals surface area contributed by atoms with Gasteiger partial charge in [0, 0.05) is 24.6 Å².